The van der Waals surface area contributed by atoms with Crippen molar-refractivity contribution in [1.29, 1.82) is 0 Å². The van der Waals surface area contributed by atoms with E-state index in [1.54, 1.807) is 33.6 Å². The summed E-state index contributed by atoms with van der Waals surface area (Å²) in [5.41, 5.74) is 2.46. The average Bonchev–Trinajstić information content (AvgIpc) is 3.09. The zero-order valence-corrected chi connectivity index (χ0v) is 14.0. The van der Waals surface area contributed by atoms with Crippen molar-refractivity contribution < 1.29 is 4.79 Å². The molecule has 0 N–H and O–H groups in total. The molecule has 2 aromatic heterocycles. The first-order valence-electron chi connectivity index (χ1n) is 7.95. The van der Waals surface area contributed by atoms with Crippen LogP contribution >= 0.6 is 11.8 Å². The van der Waals surface area contributed by atoms with Crippen molar-refractivity contribution in [3.05, 3.63) is 79.1 Å². The number of fused-ring (bicyclic) bond motifs is 3. The van der Waals surface area contributed by atoms with Crippen LogP contribution in [-0.2, 0) is 0 Å². The molecule has 3 heterocycles. The number of pyridine rings is 1. The van der Waals surface area contributed by atoms with Crippen molar-refractivity contribution in [1.82, 2.24) is 9.55 Å². The first-order valence-corrected chi connectivity index (χ1v) is 8.77. The van der Waals surface area contributed by atoms with Crippen LogP contribution in [0.15, 0.2) is 88.9 Å². The molecule has 0 radical (unpaired) electrons. The molecule has 0 atom stereocenters. The molecule has 0 spiro atoms. The van der Waals surface area contributed by atoms with E-state index in [4.69, 9.17) is 0 Å². The maximum Gasteiger partial charge on any atom is 0.339 e. The van der Waals surface area contributed by atoms with Crippen molar-refractivity contribution >= 4 is 40.2 Å². The molecule has 1 aliphatic heterocycles. The second-order valence-corrected chi connectivity index (χ2v) is 6.84. The first kappa shape index (κ1) is 14.3. The molecule has 120 valence electrons. The number of carbonyl (C=O) groups is 1. The monoisotopic (exact) mass is 343 g/mol. The van der Waals surface area contributed by atoms with Gasteiger partial charge < -0.3 is 0 Å². The van der Waals surface area contributed by atoms with E-state index in [0.717, 1.165) is 26.6 Å². The highest BCUT2D eigenvalue weighted by Gasteiger charge is 2.29. The number of rotatable bonds is 0. The Morgan fingerprint density at radius 2 is 1.52 bits per heavy atom. The first-order chi connectivity index (χ1) is 12.3. The van der Waals surface area contributed by atoms with Gasteiger partial charge in [-0.1, -0.05) is 36.0 Å². The third kappa shape index (κ3) is 2.16. The summed E-state index contributed by atoms with van der Waals surface area (Å²) in [5.74, 6) is 0. The van der Waals surface area contributed by atoms with E-state index in [1.807, 2.05) is 66.7 Å². The topological polar surface area (TPSA) is 38.1 Å². The van der Waals surface area contributed by atoms with Gasteiger partial charge in [0.1, 0.15) is 5.65 Å². The molecule has 1 aliphatic rings. The third-order valence-electron chi connectivity index (χ3n) is 4.28. The van der Waals surface area contributed by atoms with Gasteiger partial charge in [0.05, 0.1) is 11.4 Å². The van der Waals surface area contributed by atoms with Crippen LogP contribution in [0.4, 0.5) is 16.2 Å². The number of hydrogen-bond acceptors (Lipinski definition) is 3. The lowest BCUT2D eigenvalue weighted by Crippen LogP contribution is -2.32. The van der Waals surface area contributed by atoms with Gasteiger partial charge in [0.15, 0.2) is 0 Å². The maximum absolute atomic E-state index is 13.4. The van der Waals surface area contributed by atoms with E-state index in [2.05, 4.69) is 4.98 Å². The zero-order chi connectivity index (χ0) is 16.8. The number of nitrogens with zero attached hydrogens (tertiary/aromatic N) is 3. The van der Waals surface area contributed by atoms with E-state index in [0.29, 0.717) is 5.65 Å². The fourth-order valence-corrected chi connectivity index (χ4v) is 4.20. The molecule has 0 fully saturated rings. The quantitative estimate of drug-likeness (QED) is 0.434. The van der Waals surface area contributed by atoms with Crippen molar-refractivity contribution in [2.45, 2.75) is 9.79 Å². The minimum Gasteiger partial charge on any atom is -0.260 e. The fourth-order valence-electron chi connectivity index (χ4n) is 3.14. The Labute approximate surface area is 148 Å². The highest BCUT2D eigenvalue weighted by Crippen LogP contribution is 2.48. The Bertz CT molecular complexity index is 1070. The molecule has 4 nitrogen and oxygen atoms in total. The van der Waals surface area contributed by atoms with E-state index in [9.17, 15) is 4.79 Å². The van der Waals surface area contributed by atoms with E-state index in [-0.39, 0.29) is 6.03 Å². The molecule has 0 bridgehead atoms. The van der Waals surface area contributed by atoms with Crippen LogP contribution in [0.2, 0.25) is 0 Å². The predicted octanol–water partition coefficient (Wildman–Crippen LogP) is 5.31. The molecule has 25 heavy (non-hydrogen) atoms. The van der Waals surface area contributed by atoms with E-state index in [1.165, 1.54) is 0 Å². The normalized spacial score (nSPS) is 12.7. The van der Waals surface area contributed by atoms with Crippen molar-refractivity contribution in [3.63, 3.8) is 0 Å². The van der Waals surface area contributed by atoms with Crippen LogP contribution in [0.3, 0.4) is 0 Å². The molecule has 2 aromatic carbocycles. The molecule has 0 saturated carbocycles. The van der Waals surface area contributed by atoms with Crippen LogP contribution in [0.5, 0.6) is 0 Å². The number of para-hydroxylation sites is 2. The largest absolute Gasteiger partial charge is 0.339 e. The lowest BCUT2D eigenvalue weighted by molar-refractivity contribution is 0.250. The Morgan fingerprint density at radius 1 is 0.840 bits per heavy atom. The summed E-state index contributed by atoms with van der Waals surface area (Å²) in [6.45, 7) is 0. The van der Waals surface area contributed by atoms with Crippen molar-refractivity contribution in [2.75, 3.05) is 4.90 Å². The second kappa shape index (κ2) is 5.50. The lowest BCUT2D eigenvalue weighted by Gasteiger charge is -2.31. The summed E-state index contributed by atoms with van der Waals surface area (Å²) in [6, 6.07) is 21.6. The number of amides is 1. The molecule has 0 aliphatic carbocycles. The molecule has 5 rings (SSSR count). The van der Waals surface area contributed by atoms with Gasteiger partial charge in [-0.15, -0.1) is 0 Å². The van der Waals surface area contributed by atoms with Gasteiger partial charge in [-0.2, -0.15) is 0 Å². The summed E-state index contributed by atoms with van der Waals surface area (Å²) in [5, 5.41) is 0.948. The number of aromatic nitrogens is 2. The number of hydrogen-bond donors (Lipinski definition) is 0. The molecular formula is C20H13N3OS. The summed E-state index contributed by atoms with van der Waals surface area (Å²) in [4.78, 5) is 21.7. The third-order valence-corrected chi connectivity index (χ3v) is 5.41. The van der Waals surface area contributed by atoms with Gasteiger partial charge in [-0.25, -0.2) is 9.78 Å². The highest BCUT2D eigenvalue weighted by atomic mass is 32.2. The minimum absolute atomic E-state index is 0.131. The van der Waals surface area contributed by atoms with Crippen LogP contribution in [0, 0.1) is 0 Å². The summed E-state index contributed by atoms with van der Waals surface area (Å²) in [6.07, 6.45) is 3.49. The molecular weight excluding hydrogens is 330 g/mol. The van der Waals surface area contributed by atoms with Gasteiger partial charge >= 0.3 is 6.03 Å². The molecule has 1 amide bonds. The van der Waals surface area contributed by atoms with E-state index >= 15 is 0 Å². The number of anilines is 2. The predicted molar refractivity (Wildman–Crippen MR) is 99.7 cm³/mol. The highest BCUT2D eigenvalue weighted by molar-refractivity contribution is 7.99. The lowest BCUT2D eigenvalue weighted by atomic mass is 10.2. The van der Waals surface area contributed by atoms with Crippen LogP contribution in [0.25, 0.3) is 11.0 Å². The SMILES string of the molecule is O=C(N1c2ccccc2Sc2ccccc21)n1ccc2cccnc21. The molecule has 0 unspecified atom stereocenters. The molecule has 4 aromatic rings. The van der Waals surface area contributed by atoms with Gasteiger partial charge in [0.2, 0.25) is 0 Å². The zero-order valence-electron chi connectivity index (χ0n) is 13.2. The summed E-state index contributed by atoms with van der Waals surface area (Å²) >= 11 is 1.69. The van der Waals surface area contributed by atoms with Crippen molar-refractivity contribution in [3.8, 4) is 0 Å². The standard InChI is InChI=1S/C20H13N3OS/c24-20(22-13-11-14-6-5-12-21-19(14)22)23-15-7-1-3-9-17(15)25-18-10-4-2-8-16(18)23/h1-13H. The molecule has 5 heteroatoms. The van der Waals surface area contributed by atoms with Crippen LogP contribution in [-0.4, -0.2) is 15.6 Å². The van der Waals surface area contributed by atoms with Gasteiger partial charge in [-0.05, 0) is 42.5 Å². The summed E-state index contributed by atoms with van der Waals surface area (Å²) in [7, 11) is 0. The summed E-state index contributed by atoms with van der Waals surface area (Å²) < 4.78 is 1.61. The number of benzene rings is 2. The fraction of sp³-hybridized carbons (Fsp3) is 0. The number of carbonyl (C=O) groups excluding carboxylic acids is 1. The maximum atomic E-state index is 13.4. The molecule has 0 saturated heterocycles. The Hall–Kier alpha value is -3.05. The van der Waals surface area contributed by atoms with Gasteiger partial charge in [0.25, 0.3) is 0 Å². The van der Waals surface area contributed by atoms with Gasteiger partial charge in [-0.3, -0.25) is 9.47 Å². The minimum atomic E-state index is -0.131. The van der Waals surface area contributed by atoms with Gasteiger partial charge in [0, 0.05) is 27.6 Å². The Morgan fingerprint density at radius 3 is 2.24 bits per heavy atom. The Balaban J connectivity index is 1.72. The van der Waals surface area contributed by atoms with E-state index < -0.39 is 0 Å². The van der Waals surface area contributed by atoms with Crippen LogP contribution < -0.4 is 4.90 Å². The smallest absolute Gasteiger partial charge is 0.260 e. The van der Waals surface area contributed by atoms with Crippen molar-refractivity contribution in [2.24, 2.45) is 0 Å². The second-order valence-electron chi connectivity index (χ2n) is 5.76. The van der Waals surface area contributed by atoms with Crippen LogP contribution in [0.1, 0.15) is 0 Å². The average molecular weight is 343 g/mol. The Kier molecular flexibility index (Phi) is 3.15.